The maximum Gasteiger partial charge on any atom is 0.501 e. The number of rotatable bonds is 2. The van der Waals surface area contributed by atoms with Gasteiger partial charge in [-0.2, -0.15) is 13.2 Å². The molecule has 0 saturated carbocycles. The summed E-state index contributed by atoms with van der Waals surface area (Å²) >= 11 is 0. The van der Waals surface area contributed by atoms with Gasteiger partial charge in [0.1, 0.15) is 0 Å². The maximum atomic E-state index is 12.8. The number of nitrogens with zero attached hydrogens (tertiary/aromatic N) is 2. The Morgan fingerprint density at radius 3 is 2.35 bits per heavy atom. The number of alkyl halides is 3. The summed E-state index contributed by atoms with van der Waals surface area (Å²) in [6.45, 7) is 1.12. The van der Waals surface area contributed by atoms with Crippen molar-refractivity contribution in [3.8, 4) is 0 Å². The highest BCUT2D eigenvalue weighted by atomic mass is 32.2. The van der Waals surface area contributed by atoms with Gasteiger partial charge in [0.25, 0.3) is 9.84 Å². The smallest absolute Gasteiger partial charge is 0.369 e. The second-order valence-corrected chi connectivity index (χ2v) is 6.99. The standard InChI is InChI=1S/C13H16F3N3O3S/c14-13(15,16)23(21,22)11-5-2-1-4-10(11)18-6-3-7-19(9-8-18)12(17)20/h1-2,4-5H,3,6-9H2,(H2,17,20). The predicted octanol–water partition coefficient (Wildman–Crippen LogP) is 1.57. The van der Waals surface area contributed by atoms with Gasteiger partial charge in [0.2, 0.25) is 0 Å². The Balaban J connectivity index is 2.37. The minimum absolute atomic E-state index is 0.0175. The number of anilines is 1. The lowest BCUT2D eigenvalue weighted by molar-refractivity contribution is -0.0435. The number of amides is 2. The largest absolute Gasteiger partial charge is 0.501 e. The first kappa shape index (κ1) is 17.4. The lowest BCUT2D eigenvalue weighted by Gasteiger charge is -2.25. The average Bonchev–Trinajstić information content (AvgIpc) is 2.72. The van der Waals surface area contributed by atoms with Gasteiger partial charge in [-0.25, -0.2) is 13.2 Å². The third kappa shape index (κ3) is 3.52. The lowest BCUT2D eigenvalue weighted by atomic mass is 10.2. The van der Waals surface area contributed by atoms with Crippen molar-refractivity contribution in [1.29, 1.82) is 0 Å². The molecule has 0 aliphatic carbocycles. The Bertz CT molecular complexity index is 691. The number of urea groups is 1. The van der Waals surface area contributed by atoms with Crippen LogP contribution in [0.4, 0.5) is 23.7 Å². The zero-order valence-corrected chi connectivity index (χ0v) is 12.9. The van der Waals surface area contributed by atoms with Gasteiger partial charge in [-0.3, -0.25) is 0 Å². The van der Waals surface area contributed by atoms with E-state index >= 15 is 0 Å². The molecule has 2 amide bonds. The normalized spacial score (nSPS) is 17.0. The molecule has 1 aliphatic rings. The number of hydrogen-bond acceptors (Lipinski definition) is 4. The molecule has 0 radical (unpaired) electrons. The lowest BCUT2D eigenvalue weighted by Crippen LogP contribution is -2.38. The molecule has 1 aromatic carbocycles. The van der Waals surface area contributed by atoms with E-state index in [0.29, 0.717) is 19.5 Å². The number of hydrogen-bond donors (Lipinski definition) is 1. The van der Waals surface area contributed by atoms with Crippen molar-refractivity contribution in [2.45, 2.75) is 16.8 Å². The quantitative estimate of drug-likeness (QED) is 0.877. The third-order valence-electron chi connectivity index (χ3n) is 3.61. The van der Waals surface area contributed by atoms with Crippen LogP contribution in [0.2, 0.25) is 0 Å². The molecule has 1 saturated heterocycles. The van der Waals surface area contributed by atoms with E-state index in [1.165, 1.54) is 28.0 Å². The van der Waals surface area contributed by atoms with Gasteiger partial charge in [0.15, 0.2) is 0 Å². The topological polar surface area (TPSA) is 83.7 Å². The van der Waals surface area contributed by atoms with Crippen molar-refractivity contribution >= 4 is 21.6 Å². The van der Waals surface area contributed by atoms with Gasteiger partial charge in [0, 0.05) is 26.2 Å². The summed E-state index contributed by atoms with van der Waals surface area (Å²) in [4.78, 5) is 13.3. The molecule has 128 valence electrons. The zero-order valence-electron chi connectivity index (χ0n) is 12.1. The van der Waals surface area contributed by atoms with Crippen LogP contribution in [0.25, 0.3) is 0 Å². The van der Waals surface area contributed by atoms with Crippen LogP contribution in [0.1, 0.15) is 6.42 Å². The minimum atomic E-state index is -5.45. The Hall–Kier alpha value is -1.97. The van der Waals surface area contributed by atoms with Crippen LogP contribution in [0.5, 0.6) is 0 Å². The van der Waals surface area contributed by atoms with Crippen LogP contribution in [-0.2, 0) is 9.84 Å². The van der Waals surface area contributed by atoms with Gasteiger partial charge < -0.3 is 15.5 Å². The summed E-state index contributed by atoms with van der Waals surface area (Å²) in [7, 11) is -5.45. The molecule has 2 N–H and O–H groups in total. The van der Waals surface area contributed by atoms with Gasteiger partial charge in [-0.15, -0.1) is 0 Å². The number of nitrogens with two attached hydrogens (primary N) is 1. The molecule has 0 bridgehead atoms. The Morgan fingerprint density at radius 1 is 1.09 bits per heavy atom. The van der Waals surface area contributed by atoms with Crippen LogP contribution in [0, 0.1) is 0 Å². The highest BCUT2D eigenvalue weighted by molar-refractivity contribution is 7.92. The molecule has 0 spiro atoms. The van der Waals surface area contributed by atoms with Crippen LogP contribution in [0.3, 0.4) is 0 Å². The van der Waals surface area contributed by atoms with E-state index in [-0.39, 0.29) is 18.8 Å². The summed E-state index contributed by atoms with van der Waals surface area (Å²) in [5.41, 5.74) is -0.183. The van der Waals surface area contributed by atoms with Crippen molar-refractivity contribution in [3.63, 3.8) is 0 Å². The van der Waals surface area contributed by atoms with E-state index < -0.39 is 26.3 Å². The van der Waals surface area contributed by atoms with Crippen molar-refractivity contribution in [2.75, 3.05) is 31.1 Å². The number of carbonyl (C=O) groups is 1. The number of carbonyl (C=O) groups excluding carboxylic acids is 1. The first-order valence-electron chi connectivity index (χ1n) is 6.84. The molecular formula is C13H16F3N3O3S. The Labute approximate surface area is 131 Å². The second-order valence-electron chi connectivity index (χ2n) is 5.08. The molecule has 1 heterocycles. The molecular weight excluding hydrogens is 335 g/mol. The molecule has 1 fully saturated rings. The predicted molar refractivity (Wildman–Crippen MR) is 77.7 cm³/mol. The number of primary amides is 1. The van der Waals surface area contributed by atoms with Gasteiger partial charge in [-0.1, -0.05) is 12.1 Å². The summed E-state index contributed by atoms with van der Waals surface area (Å²) in [5, 5.41) is 0. The van der Waals surface area contributed by atoms with E-state index in [0.717, 1.165) is 6.07 Å². The summed E-state index contributed by atoms with van der Waals surface area (Å²) in [6, 6.07) is 4.38. The van der Waals surface area contributed by atoms with Crippen molar-refractivity contribution in [2.24, 2.45) is 5.73 Å². The molecule has 0 aromatic heterocycles. The number of para-hydroxylation sites is 1. The van der Waals surface area contributed by atoms with E-state index in [1.54, 1.807) is 0 Å². The van der Waals surface area contributed by atoms with Crippen LogP contribution in [-0.4, -0.2) is 51.0 Å². The molecule has 0 atom stereocenters. The highest BCUT2D eigenvalue weighted by Gasteiger charge is 2.48. The summed E-state index contributed by atoms with van der Waals surface area (Å²) in [5.74, 6) is 0. The molecule has 6 nitrogen and oxygen atoms in total. The fourth-order valence-electron chi connectivity index (χ4n) is 2.45. The SMILES string of the molecule is NC(=O)N1CCCN(c2ccccc2S(=O)(=O)C(F)(F)F)CC1. The number of halogens is 3. The number of benzene rings is 1. The third-order valence-corrected chi connectivity index (χ3v) is 5.14. The maximum absolute atomic E-state index is 12.8. The molecule has 1 aromatic rings. The first-order valence-corrected chi connectivity index (χ1v) is 8.32. The van der Waals surface area contributed by atoms with Crippen molar-refractivity contribution < 1.29 is 26.4 Å². The van der Waals surface area contributed by atoms with E-state index in [4.69, 9.17) is 5.73 Å². The minimum Gasteiger partial charge on any atom is -0.369 e. The van der Waals surface area contributed by atoms with E-state index in [1.807, 2.05) is 0 Å². The fraction of sp³-hybridized carbons (Fsp3) is 0.462. The fourth-order valence-corrected chi connectivity index (χ4v) is 3.43. The molecule has 1 aliphatic heterocycles. The molecule has 0 unspecified atom stereocenters. The summed E-state index contributed by atoms with van der Waals surface area (Å²) < 4.78 is 62.0. The second kappa shape index (κ2) is 6.26. The van der Waals surface area contributed by atoms with Gasteiger partial charge in [0.05, 0.1) is 10.6 Å². The summed E-state index contributed by atoms with van der Waals surface area (Å²) in [6.07, 6.45) is 0.476. The monoisotopic (exact) mass is 351 g/mol. The molecule has 23 heavy (non-hydrogen) atoms. The number of sulfone groups is 1. The highest BCUT2D eigenvalue weighted by Crippen LogP contribution is 2.36. The van der Waals surface area contributed by atoms with Crippen molar-refractivity contribution in [3.05, 3.63) is 24.3 Å². The van der Waals surface area contributed by atoms with Gasteiger partial charge >= 0.3 is 11.5 Å². The van der Waals surface area contributed by atoms with Gasteiger partial charge in [-0.05, 0) is 18.6 Å². The van der Waals surface area contributed by atoms with Crippen molar-refractivity contribution in [1.82, 2.24) is 4.90 Å². The zero-order chi connectivity index (χ0) is 17.3. The van der Waals surface area contributed by atoms with Crippen LogP contribution >= 0.6 is 0 Å². The molecule has 2 rings (SSSR count). The Morgan fingerprint density at radius 2 is 1.74 bits per heavy atom. The average molecular weight is 351 g/mol. The first-order chi connectivity index (χ1) is 10.6. The van der Waals surface area contributed by atoms with Crippen LogP contribution in [0.15, 0.2) is 29.2 Å². The Kier molecular flexibility index (Phi) is 4.73. The van der Waals surface area contributed by atoms with E-state index in [2.05, 4.69) is 0 Å². The van der Waals surface area contributed by atoms with E-state index in [9.17, 15) is 26.4 Å². The molecule has 10 heteroatoms. The van der Waals surface area contributed by atoms with Crippen LogP contribution < -0.4 is 10.6 Å².